The number of aromatic nitrogens is 2. The van der Waals surface area contributed by atoms with Crippen LogP contribution in [0, 0.1) is 0 Å². The van der Waals surface area contributed by atoms with Gasteiger partial charge in [-0.05, 0) is 0 Å². The molecule has 0 saturated carbocycles. The Bertz CT molecular complexity index is 180. The van der Waals surface area contributed by atoms with E-state index in [0.717, 1.165) is 6.42 Å². The second-order valence-electron chi connectivity index (χ2n) is 2.06. The second-order valence-corrected chi connectivity index (χ2v) is 2.06. The average Bonchev–Trinajstić information content (AvgIpc) is 2.18. The van der Waals surface area contributed by atoms with E-state index in [0.29, 0.717) is 6.54 Å². The molecule has 50 valence electrons. The van der Waals surface area contributed by atoms with Gasteiger partial charge in [-0.1, -0.05) is 0 Å². The van der Waals surface area contributed by atoms with Gasteiger partial charge in [-0.3, -0.25) is 0 Å². The topological polar surface area (TPSA) is 45.7 Å². The minimum Gasteiger partial charge on any atom is -0.330 e. The lowest BCUT2D eigenvalue weighted by Gasteiger charge is -1.88. The second kappa shape index (κ2) is 2.64. The monoisotopic (exact) mass is 126 g/mol. The first kappa shape index (κ1) is 6.29. The largest absolute Gasteiger partial charge is 0.330 e. The number of nitrogens with zero attached hydrogens (tertiary/aromatic N) is 1. The number of hydrogen-bond donors (Lipinski definition) is 2. The summed E-state index contributed by atoms with van der Waals surface area (Å²) in [5.74, 6) is 1.18. The lowest BCUT2D eigenvalue weighted by atomic mass is 10.4. The molecule has 3 N–H and O–H groups in total. The number of H-pyrrole nitrogens is 1. The standard InChI is InChI=1S/C6H11N3/c1-9-5-4-8-6(9)2-3-7/h4-5H,2-3,7H2,1H3/p+1. The van der Waals surface area contributed by atoms with Gasteiger partial charge in [-0.25, -0.2) is 9.55 Å². The fourth-order valence-corrected chi connectivity index (χ4v) is 0.822. The van der Waals surface area contributed by atoms with Crippen molar-refractivity contribution in [1.82, 2.24) is 4.98 Å². The summed E-state index contributed by atoms with van der Waals surface area (Å²) >= 11 is 0. The van der Waals surface area contributed by atoms with Crippen molar-refractivity contribution in [1.29, 1.82) is 0 Å². The fourth-order valence-electron chi connectivity index (χ4n) is 0.822. The van der Waals surface area contributed by atoms with Crippen molar-refractivity contribution < 1.29 is 4.57 Å². The van der Waals surface area contributed by atoms with Gasteiger partial charge >= 0.3 is 0 Å². The number of aromatic amines is 1. The van der Waals surface area contributed by atoms with Crippen molar-refractivity contribution in [2.75, 3.05) is 6.54 Å². The molecule has 0 fully saturated rings. The molecular formula is C6H12N3+. The van der Waals surface area contributed by atoms with E-state index in [1.165, 1.54) is 5.82 Å². The van der Waals surface area contributed by atoms with Gasteiger partial charge < -0.3 is 5.73 Å². The summed E-state index contributed by atoms with van der Waals surface area (Å²) in [5, 5.41) is 0. The van der Waals surface area contributed by atoms with Crippen LogP contribution in [-0.2, 0) is 13.5 Å². The summed E-state index contributed by atoms with van der Waals surface area (Å²) in [6.45, 7) is 0.703. The maximum atomic E-state index is 5.36. The molecule has 0 aromatic carbocycles. The van der Waals surface area contributed by atoms with Crippen LogP contribution in [0.5, 0.6) is 0 Å². The van der Waals surface area contributed by atoms with Crippen LogP contribution >= 0.6 is 0 Å². The molecule has 9 heavy (non-hydrogen) atoms. The van der Waals surface area contributed by atoms with Gasteiger partial charge in [-0.15, -0.1) is 0 Å². The van der Waals surface area contributed by atoms with Crippen LogP contribution in [0.3, 0.4) is 0 Å². The highest BCUT2D eigenvalue weighted by Gasteiger charge is 2.02. The van der Waals surface area contributed by atoms with Gasteiger partial charge in [0.25, 0.3) is 5.82 Å². The predicted octanol–water partition coefficient (Wildman–Crippen LogP) is -0.660. The highest BCUT2D eigenvalue weighted by molar-refractivity contribution is 4.76. The fraction of sp³-hybridized carbons (Fsp3) is 0.500. The van der Waals surface area contributed by atoms with Crippen LogP contribution in [0.1, 0.15) is 5.82 Å². The summed E-state index contributed by atoms with van der Waals surface area (Å²) < 4.78 is 2.03. The van der Waals surface area contributed by atoms with Crippen LogP contribution in [0.15, 0.2) is 12.4 Å². The van der Waals surface area contributed by atoms with Crippen molar-refractivity contribution in [2.45, 2.75) is 6.42 Å². The maximum Gasteiger partial charge on any atom is 0.255 e. The molecule has 0 amide bonds. The van der Waals surface area contributed by atoms with Gasteiger partial charge in [0, 0.05) is 6.54 Å². The van der Waals surface area contributed by atoms with E-state index in [1.807, 2.05) is 24.0 Å². The zero-order valence-electron chi connectivity index (χ0n) is 5.59. The summed E-state index contributed by atoms with van der Waals surface area (Å²) in [6, 6.07) is 0. The molecule has 0 atom stereocenters. The Morgan fingerprint density at radius 1 is 1.78 bits per heavy atom. The van der Waals surface area contributed by atoms with Gasteiger partial charge in [0.05, 0.1) is 13.5 Å². The Balaban J connectivity index is 2.69. The van der Waals surface area contributed by atoms with Crippen LogP contribution < -0.4 is 10.3 Å². The number of imidazole rings is 1. The normalized spacial score (nSPS) is 10.0. The van der Waals surface area contributed by atoms with E-state index in [2.05, 4.69) is 4.98 Å². The maximum absolute atomic E-state index is 5.36. The van der Waals surface area contributed by atoms with Gasteiger partial charge in [0.2, 0.25) is 0 Å². The molecule has 1 aromatic heterocycles. The third kappa shape index (κ3) is 1.29. The van der Waals surface area contributed by atoms with Gasteiger partial charge in [-0.2, -0.15) is 0 Å². The molecule has 0 unspecified atom stereocenters. The number of rotatable bonds is 2. The zero-order chi connectivity index (χ0) is 6.69. The first-order valence-electron chi connectivity index (χ1n) is 3.06. The lowest BCUT2D eigenvalue weighted by Crippen LogP contribution is -2.31. The Morgan fingerprint density at radius 3 is 3.00 bits per heavy atom. The highest BCUT2D eigenvalue weighted by atomic mass is 15.0. The van der Waals surface area contributed by atoms with Crippen LogP contribution in [0.2, 0.25) is 0 Å². The highest BCUT2D eigenvalue weighted by Crippen LogP contribution is 1.82. The van der Waals surface area contributed by atoms with Crippen LogP contribution in [0.25, 0.3) is 0 Å². The van der Waals surface area contributed by atoms with E-state index in [-0.39, 0.29) is 0 Å². The molecular weight excluding hydrogens is 114 g/mol. The molecule has 0 radical (unpaired) electrons. The minimum atomic E-state index is 0.703. The Labute approximate surface area is 54.5 Å². The molecule has 0 spiro atoms. The van der Waals surface area contributed by atoms with Crippen molar-refractivity contribution in [3.8, 4) is 0 Å². The van der Waals surface area contributed by atoms with Crippen LogP contribution in [0.4, 0.5) is 0 Å². The van der Waals surface area contributed by atoms with Gasteiger partial charge in [0.1, 0.15) is 12.4 Å². The third-order valence-corrected chi connectivity index (χ3v) is 1.35. The Morgan fingerprint density at radius 2 is 2.56 bits per heavy atom. The third-order valence-electron chi connectivity index (χ3n) is 1.35. The molecule has 0 bridgehead atoms. The number of hydrogen-bond acceptors (Lipinski definition) is 1. The van der Waals surface area contributed by atoms with Crippen LogP contribution in [-0.4, -0.2) is 11.5 Å². The quantitative estimate of drug-likeness (QED) is 0.508. The summed E-state index contributed by atoms with van der Waals surface area (Å²) in [7, 11) is 2.00. The molecule has 1 rings (SSSR count). The zero-order valence-corrected chi connectivity index (χ0v) is 5.59. The van der Waals surface area contributed by atoms with E-state index < -0.39 is 0 Å². The molecule has 1 aromatic rings. The van der Waals surface area contributed by atoms with Crippen molar-refractivity contribution in [3.05, 3.63) is 18.2 Å². The Kier molecular flexibility index (Phi) is 1.85. The minimum absolute atomic E-state index is 0.703. The van der Waals surface area contributed by atoms with E-state index in [1.54, 1.807) is 0 Å². The molecule has 0 aliphatic heterocycles. The Hall–Kier alpha value is -0.830. The van der Waals surface area contributed by atoms with Crippen molar-refractivity contribution in [2.24, 2.45) is 12.8 Å². The van der Waals surface area contributed by atoms with Gasteiger partial charge in [0.15, 0.2) is 0 Å². The molecule has 0 aliphatic rings. The molecule has 0 saturated heterocycles. The predicted molar refractivity (Wildman–Crippen MR) is 34.7 cm³/mol. The van der Waals surface area contributed by atoms with Crippen molar-refractivity contribution >= 4 is 0 Å². The van der Waals surface area contributed by atoms with E-state index in [9.17, 15) is 0 Å². The first-order chi connectivity index (χ1) is 4.34. The number of nitrogens with two attached hydrogens (primary N) is 1. The first-order valence-corrected chi connectivity index (χ1v) is 3.06. The summed E-state index contributed by atoms with van der Waals surface area (Å²) in [5.41, 5.74) is 5.36. The van der Waals surface area contributed by atoms with E-state index >= 15 is 0 Å². The number of nitrogens with one attached hydrogen (secondary N) is 1. The molecule has 1 heterocycles. The average molecular weight is 126 g/mol. The summed E-state index contributed by atoms with van der Waals surface area (Å²) in [6.07, 6.45) is 4.81. The van der Waals surface area contributed by atoms with E-state index in [4.69, 9.17) is 5.73 Å². The molecule has 3 nitrogen and oxygen atoms in total. The smallest absolute Gasteiger partial charge is 0.255 e. The molecule has 3 heteroatoms. The van der Waals surface area contributed by atoms with Crippen molar-refractivity contribution in [3.63, 3.8) is 0 Å². The number of aryl methyl sites for hydroxylation is 1. The molecule has 0 aliphatic carbocycles. The summed E-state index contributed by atoms with van der Waals surface area (Å²) in [4.78, 5) is 3.09. The SMILES string of the molecule is C[n+]1cc[nH]c1CCN. The lowest BCUT2D eigenvalue weighted by molar-refractivity contribution is -0.677.